The number of pyridine rings is 1. The van der Waals surface area contributed by atoms with Crippen LogP contribution >= 0.6 is 0 Å². The number of primary amides is 1. The van der Waals surface area contributed by atoms with Crippen molar-refractivity contribution in [2.24, 2.45) is 5.73 Å². The molecule has 6 heteroatoms. The van der Waals surface area contributed by atoms with Gasteiger partial charge in [0.25, 0.3) is 5.91 Å². The van der Waals surface area contributed by atoms with Gasteiger partial charge < -0.3 is 16.4 Å². The third-order valence-electron chi connectivity index (χ3n) is 4.10. The van der Waals surface area contributed by atoms with Crippen LogP contribution in [0.5, 0.6) is 0 Å². The molecule has 4 rings (SSSR count). The summed E-state index contributed by atoms with van der Waals surface area (Å²) in [7, 11) is 0. The summed E-state index contributed by atoms with van der Waals surface area (Å²) in [6, 6.07) is 14.2. The van der Waals surface area contributed by atoms with Gasteiger partial charge in [0.1, 0.15) is 0 Å². The molecule has 2 amide bonds. The number of amides is 2. The zero-order valence-electron chi connectivity index (χ0n) is 13.1. The second-order valence-electron chi connectivity index (χ2n) is 5.66. The Morgan fingerprint density at radius 1 is 1.12 bits per heavy atom. The topological polar surface area (TPSA) is 97.1 Å². The molecule has 0 saturated heterocycles. The lowest BCUT2D eigenvalue weighted by atomic mass is 10.0. The van der Waals surface area contributed by atoms with E-state index in [1.807, 2.05) is 24.3 Å². The van der Waals surface area contributed by atoms with E-state index in [2.05, 4.69) is 15.6 Å². The summed E-state index contributed by atoms with van der Waals surface area (Å²) in [5.74, 6) is -0.652. The number of nitrogens with zero attached hydrogens (tertiary/aromatic N) is 1. The fourth-order valence-corrected chi connectivity index (χ4v) is 2.87. The number of carbonyl (C=O) groups excluding carboxylic acids is 2. The maximum absolute atomic E-state index is 12.3. The average Bonchev–Trinajstić information content (AvgIpc) is 2.96. The van der Waals surface area contributed by atoms with E-state index in [1.165, 1.54) is 0 Å². The number of nitrogens with one attached hydrogen (secondary N) is 2. The molecule has 0 atom stereocenters. The highest BCUT2D eigenvalue weighted by Crippen LogP contribution is 2.36. The maximum atomic E-state index is 12.3. The zero-order valence-corrected chi connectivity index (χ0v) is 13.1. The number of fused-ring (bicyclic) bond motifs is 3. The van der Waals surface area contributed by atoms with E-state index in [0.717, 1.165) is 27.8 Å². The van der Waals surface area contributed by atoms with Gasteiger partial charge >= 0.3 is 0 Å². The van der Waals surface area contributed by atoms with Crippen LogP contribution in [-0.2, 0) is 4.79 Å². The summed E-state index contributed by atoms with van der Waals surface area (Å²) in [6.45, 7) is 0. The minimum absolute atomic E-state index is 0.174. The number of anilines is 2. The molecule has 25 heavy (non-hydrogen) atoms. The van der Waals surface area contributed by atoms with Crippen molar-refractivity contribution in [3.05, 3.63) is 72.1 Å². The highest BCUT2D eigenvalue weighted by molar-refractivity contribution is 6.34. The highest BCUT2D eigenvalue weighted by atomic mass is 16.2. The van der Waals surface area contributed by atoms with Crippen LogP contribution in [0.1, 0.15) is 15.9 Å². The van der Waals surface area contributed by atoms with Crippen LogP contribution in [0.2, 0.25) is 0 Å². The molecular formula is C19H14N4O2. The van der Waals surface area contributed by atoms with Gasteiger partial charge in [0.15, 0.2) is 0 Å². The SMILES string of the molecule is NC(=O)c1ccc(NC=C2C(=O)Nc3ccc4ncccc4c32)cc1. The molecule has 2 aromatic carbocycles. The van der Waals surface area contributed by atoms with E-state index in [-0.39, 0.29) is 5.91 Å². The monoisotopic (exact) mass is 330 g/mol. The number of aromatic nitrogens is 1. The first kappa shape index (κ1) is 14.9. The van der Waals surface area contributed by atoms with Gasteiger partial charge in [-0.05, 0) is 42.5 Å². The van der Waals surface area contributed by atoms with Crippen LogP contribution in [0.15, 0.2) is 60.9 Å². The van der Waals surface area contributed by atoms with Crippen molar-refractivity contribution in [3.8, 4) is 0 Å². The Hall–Kier alpha value is -3.67. The molecule has 0 radical (unpaired) electrons. The second kappa shape index (κ2) is 5.76. The normalized spacial score (nSPS) is 14.4. The summed E-state index contributed by atoms with van der Waals surface area (Å²) < 4.78 is 0. The van der Waals surface area contributed by atoms with Crippen LogP contribution in [0.3, 0.4) is 0 Å². The van der Waals surface area contributed by atoms with Crippen LogP contribution in [-0.4, -0.2) is 16.8 Å². The molecule has 6 nitrogen and oxygen atoms in total. The van der Waals surface area contributed by atoms with Crippen LogP contribution in [0.25, 0.3) is 16.5 Å². The van der Waals surface area contributed by atoms with Gasteiger partial charge in [-0.15, -0.1) is 0 Å². The van der Waals surface area contributed by atoms with Crippen molar-refractivity contribution in [2.75, 3.05) is 10.6 Å². The lowest BCUT2D eigenvalue weighted by molar-refractivity contribution is -0.110. The van der Waals surface area contributed by atoms with E-state index in [9.17, 15) is 9.59 Å². The first-order valence-electron chi connectivity index (χ1n) is 7.69. The first-order chi connectivity index (χ1) is 12.1. The van der Waals surface area contributed by atoms with E-state index >= 15 is 0 Å². The number of nitrogens with two attached hydrogens (primary N) is 1. The van der Waals surface area contributed by atoms with Gasteiger partial charge in [-0.2, -0.15) is 0 Å². The summed E-state index contributed by atoms with van der Waals surface area (Å²) >= 11 is 0. The van der Waals surface area contributed by atoms with E-state index in [1.54, 1.807) is 36.7 Å². The number of benzene rings is 2. The van der Waals surface area contributed by atoms with Gasteiger partial charge in [-0.25, -0.2) is 0 Å². The fraction of sp³-hybridized carbons (Fsp3) is 0. The summed E-state index contributed by atoms with van der Waals surface area (Å²) in [5, 5.41) is 6.87. The quantitative estimate of drug-likeness (QED) is 0.643. The van der Waals surface area contributed by atoms with Gasteiger partial charge in [-0.1, -0.05) is 6.07 Å². The van der Waals surface area contributed by atoms with Crippen molar-refractivity contribution in [2.45, 2.75) is 0 Å². The van der Waals surface area contributed by atoms with Crippen molar-refractivity contribution in [1.82, 2.24) is 4.98 Å². The molecule has 1 aromatic heterocycles. The Kier molecular flexibility index (Phi) is 3.43. The van der Waals surface area contributed by atoms with E-state index in [4.69, 9.17) is 5.73 Å². The lowest BCUT2D eigenvalue weighted by Crippen LogP contribution is -2.10. The molecule has 0 fully saturated rings. The minimum atomic E-state index is -0.479. The Balaban J connectivity index is 1.72. The van der Waals surface area contributed by atoms with Crippen molar-refractivity contribution in [3.63, 3.8) is 0 Å². The van der Waals surface area contributed by atoms with Crippen LogP contribution in [0, 0.1) is 0 Å². The summed E-state index contributed by atoms with van der Waals surface area (Å²) in [6.07, 6.45) is 3.38. The average molecular weight is 330 g/mol. The maximum Gasteiger partial charge on any atom is 0.257 e. The number of rotatable bonds is 3. The fourth-order valence-electron chi connectivity index (χ4n) is 2.87. The predicted molar refractivity (Wildman–Crippen MR) is 96.9 cm³/mol. The number of hydrogen-bond donors (Lipinski definition) is 3. The lowest BCUT2D eigenvalue weighted by Gasteiger charge is -2.06. The van der Waals surface area contributed by atoms with Gasteiger partial charge in [-0.3, -0.25) is 14.6 Å². The molecule has 1 aliphatic rings. The predicted octanol–water partition coefficient (Wildman–Crippen LogP) is 2.74. The third kappa shape index (κ3) is 2.59. The van der Waals surface area contributed by atoms with Crippen LogP contribution < -0.4 is 16.4 Å². The molecule has 4 N–H and O–H groups in total. The Morgan fingerprint density at radius 2 is 1.92 bits per heavy atom. The molecule has 0 saturated carbocycles. The van der Waals surface area contributed by atoms with Gasteiger partial charge in [0, 0.05) is 40.3 Å². The van der Waals surface area contributed by atoms with Gasteiger partial charge in [0.2, 0.25) is 5.91 Å². The Bertz CT molecular complexity index is 1040. The standard InChI is InChI=1S/C19H14N4O2/c20-18(24)11-3-5-12(6-4-11)22-10-14-17-13-2-1-9-21-15(13)7-8-16(17)23-19(14)25/h1-10,22H,(H2,20,24)(H,23,25). The smallest absolute Gasteiger partial charge is 0.257 e. The molecule has 122 valence electrons. The third-order valence-corrected chi connectivity index (χ3v) is 4.10. The molecule has 0 aliphatic carbocycles. The van der Waals surface area contributed by atoms with Crippen molar-refractivity contribution in [1.29, 1.82) is 0 Å². The first-order valence-corrected chi connectivity index (χ1v) is 7.69. The number of carbonyl (C=O) groups is 2. The molecular weight excluding hydrogens is 316 g/mol. The molecule has 0 spiro atoms. The second-order valence-corrected chi connectivity index (χ2v) is 5.66. The van der Waals surface area contributed by atoms with E-state index in [0.29, 0.717) is 11.1 Å². The molecule has 2 heterocycles. The number of hydrogen-bond acceptors (Lipinski definition) is 4. The summed E-state index contributed by atoms with van der Waals surface area (Å²) in [4.78, 5) is 27.8. The highest BCUT2D eigenvalue weighted by Gasteiger charge is 2.26. The Morgan fingerprint density at radius 3 is 2.68 bits per heavy atom. The molecule has 3 aromatic rings. The Labute approximate surface area is 143 Å². The van der Waals surface area contributed by atoms with Crippen LogP contribution in [0.4, 0.5) is 11.4 Å². The van der Waals surface area contributed by atoms with Crippen molar-refractivity contribution >= 4 is 39.7 Å². The minimum Gasteiger partial charge on any atom is -0.366 e. The molecule has 0 unspecified atom stereocenters. The van der Waals surface area contributed by atoms with Gasteiger partial charge in [0.05, 0.1) is 11.1 Å². The zero-order chi connectivity index (χ0) is 17.4. The van der Waals surface area contributed by atoms with E-state index < -0.39 is 5.91 Å². The molecule has 1 aliphatic heterocycles. The summed E-state index contributed by atoms with van der Waals surface area (Å²) in [5.41, 5.74) is 9.37. The van der Waals surface area contributed by atoms with Crippen molar-refractivity contribution < 1.29 is 9.59 Å². The largest absolute Gasteiger partial charge is 0.366 e. The molecule has 0 bridgehead atoms.